The van der Waals surface area contributed by atoms with Gasteiger partial charge < -0.3 is 0 Å². The molecule has 2 aromatic carbocycles. The number of nitrogens with zero attached hydrogens (tertiary/aromatic N) is 1. The normalized spacial score (nSPS) is 10.2. The van der Waals surface area contributed by atoms with Crippen LogP contribution in [-0.4, -0.2) is 16.8 Å². The van der Waals surface area contributed by atoms with E-state index in [9.17, 15) is 16.8 Å². The van der Waals surface area contributed by atoms with Crippen LogP contribution in [0.1, 0.15) is 11.1 Å². The van der Waals surface area contributed by atoms with E-state index in [-0.39, 0.29) is 4.90 Å². The predicted molar refractivity (Wildman–Crippen MR) is 80.9 cm³/mol. The molecule has 0 saturated carbocycles. The molecule has 0 aliphatic heterocycles. The van der Waals surface area contributed by atoms with E-state index in [2.05, 4.69) is 22.8 Å². The molecule has 0 N–H and O–H groups in total. The molecule has 2 rings (SSSR count). The molecule has 0 heterocycles. The van der Waals surface area contributed by atoms with Gasteiger partial charge in [-0.1, -0.05) is 53.6 Å². The minimum atomic E-state index is -4.06. The third-order valence-corrected chi connectivity index (χ3v) is 4.56. The average Bonchev–Trinajstić information content (AvgIpc) is 2.39. The predicted octanol–water partition coefficient (Wildman–Crippen LogP) is 2.74. The van der Waals surface area contributed by atoms with Crippen molar-refractivity contribution >= 4 is 20.5 Å². The molecule has 0 spiro atoms. The number of hydrogen-bond acceptors (Lipinski definition) is 4. The summed E-state index contributed by atoms with van der Waals surface area (Å²) in [5, 5.41) is 0. The van der Waals surface area contributed by atoms with Crippen LogP contribution in [0.4, 0.5) is 0 Å². The standard InChI is InChI=1S/C7H7NO4S2.C7H8/c1-6-2-4-7(5-3-6)14(11,12)8-13(9)10;1-7-5-3-2-4-6-7/h2-5H,1H3;2-6H,1H3. The lowest BCUT2D eigenvalue weighted by molar-refractivity contribution is 0.596. The van der Waals surface area contributed by atoms with E-state index >= 15 is 0 Å². The van der Waals surface area contributed by atoms with Crippen molar-refractivity contribution in [3.05, 3.63) is 65.7 Å². The van der Waals surface area contributed by atoms with Gasteiger partial charge in [-0.15, -0.1) is 0 Å². The van der Waals surface area contributed by atoms with Crippen LogP contribution in [0.2, 0.25) is 0 Å². The van der Waals surface area contributed by atoms with Gasteiger partial charge >= 0.3 is 10.5 Å². The number of hydrogen-bond donors (Lipinski definition) is 0. The Kier molecular flexibility index (Phi) is 6.26. The lowest BCUT2D eigenvalue weighted by Crippen LogP contribution is -1.95. The average molecular weight is 325 g/mol. The fourth-order valence-corrected chi connectivity index (χ4v) is 2.83. The Morgan fingerprint density at radius 2 is 1.29 bits per heavy atom. The molecule has 0 radical (unpaired) electrons. The fraction of sp³-hybridized carbons (Fsp3) is 0.143. The molecule has 0 bridgehead atoms. The van der Waals surface area contributed by atoms with Gasteiger partial charge in [0.2, 0.25) is 0 Å². The van der Waals surface area contributed by atoms with Crippen LogP contribution in [0.3, 0.4) is 0 Å². The Hall–Kier alpha value is -1.99. The Morgan fingerprint density at radius 1 is 0.810 bits per heavy atom. The van der Waals surface area contributed by atoms with Crippen LogP contribution in [0.25, 0.3) is 0 Å². The highest BCUT2D eigenvalue weighted by Gasteiger charge is 2.12. The first-order chi connectivity index (χ1) is 9.81. The van der Waals surface area contributed by atoms with E-state index in [0.717, 1.165) is 5.56 Å². The van der Waals surface area contributed by atoms with E-state index in [4.69, 9.17) is 0 Å². The molecule has 0 atom stereocenters. The Morgan fingerprint density at radius 3 is 1.67 bits per heavy atom. The van der Waals surface area contributed by atoms with E-state index < -0.39 is 20.5 Å². The molecule has 0 aromatic heterocycles. The molecule has 0 saturated heterocycles. The summed E-state index contributed by atoms with van der Waals surface area (Å²) in [5.74, 6) is 0. The summed E-state index contributed by atoms with van der Waals surface area (Å²) in [7, 11) is -7.02. The van der Waals surface area contributed by atoms with Gasteiger partial charge in [-0.2, -0.15) is 16.8 Å². The lowest BCUT2D eigenvalue weighted by Gasteiger charge is -1.95. The van der Waals surface area contributed by atoms with Crippen molar-refractivity contribution in [1.29, 1.82) is 0 Å². The Labute approximate surface area is 126 Å². The molecule has 0 aliphatic carbocycles. The van der Waals surface area contributed by atoms with Gasteiger partial charge in [0.25, 0.3) is 10.0 Å². The minimum absolute atomic E-state index is 0.132. The fourth-order valence-electron chi connectivity index (χ4n) is 1.37. The molecular weight excluding hydrogens is 310 g/mol. The maximum absolute atomic E-state index is 11.2. The van der Waals surface area contributed by atoms with Crippen molar-refractivity contribution in [2.75, 3.05) is 0 Å². The van der Waals surface area contributed by atoms with Crippen LogP contribution in [0.5, 0.6) is 0 Å². The second kappa shape index (κ2) is 7.70. The summed E-state index contributed by atoms with van der Waals surface area (Å²) < 4.78 is 45.2. The van der Waals surface area contributed by atoms with Gasteiger partial charge in [-0.25, -0.2) is 0 Å². The van der Waals surface area contributed by atoms with Crippen molar-refractivity contribution in [3.63, 3.8) is 0 Å². The van der Waals surface area contributed by atoms with Crippen molar-refractivity contribution in [1.82, 2.24) is 0 Å². The summed E-state index contributed by atoms with van der Waals surface area (Å²) in [4.78, 5) is -0.132. The summed E-state index contributed by atoms with van der Waals surface area (Å²) in [6, 6.07) is 16.0. The van der Waals surface area contributed by atoms with Crippen LogP contribution in [-0.2, 0) is 20.5 Å². The molecule has 0 amide bonds. The highest BCUT2D eigenvalue weighted by molar-refractivity contribution is 7.94. The smallest absolute Gasteiger partial charge is 0.198 e. The largest absolute Gasteiger partial charge is 0.327 e. The highest BCUT2D eigenvalue weighted by atomic mass is 32.2. The van der Waals surface area contributed by atoms with Gasteiger partial charge in [0, 0.05) is 0 Å². The topological polar surface area (TPSA) is 80.6 Å². The Bertz CT molecular complexity index is 801. The van der Waals surface area contributed by atoms with Crippen molar-refractivity contribution in [2.45, 2.75) is 18.7 Å². The van der Waals surface area contributed by atoms with Crippen LogP contribution >= 0.6 is 0 Å². The van der Waals surface area contributed by atoms with E-state index in [1.807, 2.05) is 18.2 Å². The molecule has 0 unspecified atom stereocenters. The monoisotopic (exact) mass is 325 g/mol. The maximum atomic E-state index is 11.2. The van der Waals surface area contributed by atoms with E-state index in [0.29, 0.717) is 0 Å². The second-order valence-corrected chi connectivity index (χ2v) is 6.69. The molecule has 5 nitrogen and oxygen atoms in total. The van der Waals surface area contributed by atoms with E-state index in [1.165, 1.54) is 17.7 Å². The zero-order chi connectivity index (χ0) is 15.9. The van der Waals surface area contributed by atoms with Gasteiger partial charge in [0.1, 0.15) is 0 Å². The van der Waals surface area contributed by atoms with Gasteiger partial charge in [0.05, 0.1) is 4.90 Å². The zero-order valence-corrected chi connectivity index (χ0v) is 13.2. The second-order valence-electron chi connectivity index (χ2n) is 4.23. The maximum Gasteiger partial charge on any atom is 0.327 e. The third kappa shape index (κ3) is 6.33. The van der Waals surface area contributed by atoms with Crippen LogP contribution in [0.15, 0.2) is 63.3 Å². The first-order valence-electron chi connectivity index (χ1n) is 5.97. The summed E-state index contributed by atoms with van der Waals surface area (Å²) in [6.07, 6.45) is 0. The van der Waals surface area contributed by atoms with Gasteiger partial charge in [-0.05, 0) is 29.7 Å². The molecule has 2 aromatic rings. The summed E-state index contributed by atoms with van der Waals surface area (Å²) in [5.41, 5.74) is 2.20. The quantitative estimate of drug-likeness (QED) is 0.850. The first kappa shape index (κ1) is 17.1. The number of aryl methyl sites for hydroxylation is 2. The van der Waals surface area contributed by atoms with Gasteiger partial charge in [-0.3, -0.25) is 0 Å². The first-order valence-corrected chi connectivity index (χ1v) is 8.44. The third-order valence-electron chi connectivity index (χ3n) is 2.42. The number of benzene rings is 2. The zero-order valence-electron chi connectivity index (χ0n) is 11.6. The summed E-state index contributed by atoms with van der Waals surface area (Å²) >= 11 is 0. The van der Waals surface area contributed by atoms with E-state index in [1.54, 1.807) is 19.1 Å². The molecule has 7 heteroatoms. The minimum Gasteiger partial charge on any atom is -0.198 e. The molecule has 0 fully saturated rings. The Balaban J connectivity index is 0.000000262. The van der Waals surface area contributed by atoms with Crippen molar-refractivity contribution < 1.29 is 16.8 Å². The molecule has 0 aliphatic rings. The summed E-state index contributed by atoms with van der Waals surface area (Å²) in [6.45, 7) is 3.87. The molecule has 21 heavy (non-hydrogen) atoms. The highest BCUT2D eigenvalue weighted by Crippen LogP contribution is 2.12. The number of rotatable bonds is 2. The number of sulfonamides is 1. The van der Waals surface area contributed by atoms with Gasteiger partial charge in [0.15, 0.2) is 0 Å². The van der Waals surface area contributed by atoms with Crippen molar-refractivity contribution in [2.24, 2.45) is 3.77 Å². The SMILES string of the molecule is Cc1ccc(S(=O)(=O)N=S(=O)=O)cc1.Cc1ccccc1. The van der Waals surface area contributed by atoms with Crippen molar-refractivity contribution in [3.8, 4) is 0 Å². The lowest BCUT2D eigenvalue weighted by atomic mass is 10.2. The van der Waals surface area contributed by atoms with Crippen LogP contribution < -0.4 is 0 Å². The molecule has 112 valence electrons. The van der Waals surface area contributed by atoms with Crippen LogP contribution in [0, 0.1) is 13.8 Å². The molecular formula is C14H15NO4S2.